The second-order valence-corrected chi connectivity index (χ2v) is 6.93. The number of hydrogen-bond donors (Lipinski definition) is 1. The van der Waals surface area contributed by atoms with Crippen LogP contribution in [0.5, 0.6) is 0 Å². The Morgan fingerprint density at radius 3 is 2.68 bits per heavy atom. The molecule has 134 valence electrons. The third-order valence-electron chi connectivity index (χ3n) is 4.04. The standard InChI is InChI=1S/C17H18F3N3OS/c18-17(19,20)13-4-2-1-3-11(13)9-23(12-5-6-12)16(24)14-10-25-15(22-14)7-8-21/h1-4,10,12H,5-9,21H2. The van der Waals surface area contributed by atoms with Gasteiger partial charge in [-0.15, -0.1) is 11.3 Å². The Hall–Kier alpha value is -1.93. The van der Waals surface area contributed by atoms with Crippen LogP contribution in [0.2, 0.25) is 0 Å². The van der Waals surface area contributed by atoms with Gasteiger partial charge >= 0.3 is 6.18 Å². The van der Waals surface area contributed by atoms with Crippen molar-refractivity contribution in [3.05, 3.63) is 51.5 Å². The third-order valence-corrected chi connectivity index (χ3v) is 4.95. The zero-order chi connectivity index (χ0) is 18.0. The minimum Gasteiger partial charge on any atom is -0.330 e. The average molecular weight is 369 g/mol. The monoisotopic (exact) mass is 369 g/mol. The number of amides is 1. The summed E-state index contributed by atoms with van der Waals surface area (Å²) in [5, 5.41) is 2.41. The second-order valence-electron chi connectivity index (χ2n) is 5.98. The number of hydrogen-bond acceptors (Lipinski definition) is 4. The van der Waals surface area contributed by atoms with Crippen LogP contribution in [0.15, 0.2) is 29.6 Å². The highest BCUT2D eigenvalue weighted by atomic mass is 32.1. The lowest BCUT2D eigenvalue weighted by Crippen LogP contribution is -2.33. The van der Waals surface area contributed by atoms with Gasteiger partial charge in [-0.05, 0) is 31.0 Å². The first kappa shape index (κ1) is 17.9. The van der Waals surface area contributed by atoms with Crippen LogP contribution in [0, 0.1) is 0 Å². The van der Waals surface area contributed by atoms with E-state index in [1.807, 2.05) is 0 Å². The van der Waals surface area contributed by atoms with Crippen molar-refractivity contribution in [2.45, 2.75) is 38.0 Å². The summed E-state index contributed by atoms with van der Waals surface area (Å²) in [6.45, 7) is 0.370. The van der Waals surface area contributed by atoms with E-state index >= 15 is 0 Å². The zero-order valence-corrected chi connectivity index (χ0v) is 14.2. The molecule has 1 aliphatic carbocycles. The van der Waals surface area contributed by atoms with E-state index in [0.717, 1.165) is 23.9 Å². The number of carbonyl (C=O) groups excluding carboxylic acids is 1. The summed E-state index contributed by atoms with van der Waals surface area (Å²) in [6.07, 6.45) is -2.25. The van der Waals surface area contributed by atoms with Crippen molar-refractivity contribution in [1.29, 1.82) is 0 Å². The SMILES string of the molecule is NCCc1nc(C(=O)N(Cc2ccccc2C(F)(F)F)C2CC2)cs1. The van der Waals surface area contributed by atoms with Crippen LogP contribution in [0.3, 0.4) is 0 Å². The molecule has 0 aliphatic heterocycles. The fourth-order valence-electron chi connectivity index (χ4n) is 2.67. The molecule has 1 amide bonds. The first-order valence-electron chi connectivity index (χ1n) is 8.00. The van der Waals surface area contributed by atoms with Crippen LogP contribution >= 0.6 is 11.3 Å². The number of aromatic nitrogens is 1. The molecular formula is C17H18F3N3OS. The summed E-state index contributed by atoms with van der Waals surface area (Å²) in [6, 6.07) is 5.37. The predicted molar refractivity (Wildman–Crippen MR) is 89.2 cm³/mol. The lowest BCUT2D eigenvalue weighted by atomic mass is 10.1. The fraction of sp³-hybridized carbons (Fsp3) is 0.412. The van der Waals surface area contributed by atoms with Crippen LogP contribution < -0.4 is 5.73 Å². The molecule has 25 heavy (non-hydrogen) atoms. The van der Waals surface area contributed by atoms with E-state index in [1.54, 1.807) is 11.4 Å². The maximum absolute atomic E-state index is 13.2. The normalized spacial score (nSPS) is 14.6. The Morgan fingerprint density at radius 1 is 1.32 bits per heavy atom. The van der Waals surface area contributed by atoms with Crippen LogP contribution in [0.1, 0.15) is 39.5 Å². The largest absolute Gasteiger partial charge is 0.416 e. The molecule has 2 aromatic rings. The minimum absolute atomic E-state index is 0.0200. The van der Waals surface area contributed by atoms with E-state index in [-0.39, 0.29) is 29.8 Å². The summed E-state index contributed by atoms with van der Waals surface area (Å²) in [4.78, 5) is 18.5. The number of rotatable bonds is 6. The number of nitrogens with zero attached hydrogens (tertiary/aromatic N) is 2. The Morgan fingerprint density at radius 2 is 2.04 bits per heavy atom. The van der Waals surface area contributed by atoms with Crippen molar-refractivity contribution >= 4 is 17.2 Å². The predicted octanol–water partition coefficient (Wildman–Crippen LogP) is 3.47. The quantitative estimate of drug-likeness (QED) is 0.848. The molecule has 4 nitrogen and oxygen atoms in total. The molecule has 1 heterocycles. The van der Waals surface area contributed by atoms with E-state index in [2.05, 4.69) is 4.98 Å². The van der Waals surface area contributed by atoms with Crippen molar-refractivity contribution < 1.29 is 18.0 Å². The van der Waals surface area contributed by atoms with Crippen molar-refractivity contribution in [3.63, 3.8) is 0 Å². The van der Waals surface area contributed by atoms with Gasteiger partial charge in [-0.1, -0.05) is 18.2 Å². The first-order chi connectivity index (χ1) is 11.9. The summed E-state index contributed by atoms with van der Waals surface area (Å²) < 4.78 is 39.6. The molecule has 0 bridgehead atoms. The van der Waals surface area contributed by atoms with Crippen molar-refractivity contribution in [2.24, 2.45) is 5.73 Å². The third kappa shape index (κ3) is 4.19. The molecule has 0 atom stereocenters. The van der Waals surface area contributed by atoms with E-state index in [0.29, 0.717) is 13.0 Å². The van der Waals surface area contributed by atoms with Gasteiger partial charge in [0.15, 0.2) is 0 Å². The Bertz CT molecular complexity index is 756. The number of alkyl halides is 3. The number of thiazole rings is 1. The first-order valence-corrected chi connectivity index (χ1v) is 8.88. The molecule has 1 saturated carbocycles. The van der Waals surface area contributed by atoms with Crippen LogP contribution in [0.25, 0.3) is 0 Å². The molecule has 0 radical (unpaired) electrons. The van der Waals surface area contributed by atoms with Gasteiger partial charge in [0, 0.05) is 24.4 Å². The summed E-state index contributed by atoms with van der Waals surface area (Å²) in [7, 11) is 0. The maximum Gasteiger partial charge on any atom is 0.416 e. The van der Waals surface area contributed by atoms with Gasteiger partial charge in [-0.2, -0.15) is 13.2 Å². The Labute approximate surface area is 147 Å². The van der Waals surface area contributed by atoms with Crippen molar-refractivity contribution in [2.75, 3.05) is 6.54 Å². The average Bonchev–Trinajstić information content (AvgIpc) is 3.30. The molecule has 1 fully saturated rings. The van der Waals surface area contributed by atoms with Gasteiger partial charge in [0.05, 0.1) is 10.6 Å². The highest BCUT2D eigenvalue weighted by molar-refractivity contribution is 7.09. The lowest BCUT2D eigenvalue weighted by molar-refractivity contribution is -0.138. The van der Waals surface area contributed by atoms with Gasteiger partial charge in [0.2, 0.25) is 0 Å². The minimum atomic E-state index is -4.44. The number of halogens is 3. The molecule has 0 spiro atoms. The smallest absolute Gasteiger partial charge is 0.330 e. The van der Waals surface area contributed by atoms with Gasteiger partial charge < -0.3 is 10.6 Å². The zero-order valence-electron chi connectivity index (χ0n) is 13.4. The van der Waals surface area contributed by atoms with Crippen LogP contribution in [-0.4, -0.2) is 28.4 Å². The Kier molecular flexibility index (Phi) is 5.10. The second kappa shape index (κ2) is 7.13. The number of nitrogens with two attached hydrogens (primary N) is 1. The number of carbonyl (C=O) groups is 1. The molecular weight excluding hydrogens is 351 g/mol. The van der Waals surface area contributed by atoms with Crippen molar-refractivity contribution in [1.82, 2.24) is 9.88 Å². The lowest BCUT2D eigenvalue weighted by Gasteiger charge is -2.23. The highest BCUT2D eigenvalue weighted by Gasteiger charge is 2.37. The molecule has 1 aromatic heterocycles. The van der Waals surface area contributed by atoms with E-state index in [9.17, 15) is 18.0 Å². The van der Waals surface area contributed by atoms with Gasteiger partial charge in [0.1, 0.15) is 5.69 Å². The fourth-order valence-corrected chi connectivity index (χ4v) is 3.45. The summed E-state index contributed by atoms with van der Waals surface area (Å²) in [5.41, 5.74) is 5.18. The molecule has 0 saturated heterocycles. The molecule has 1 aliphatic rings. The maximum atomic E-state index is 13.2. The van der Waals surface area contributed by atoms with E-state index < -0.39 is 11.7 Å². The van der Waals surface area contributed by atoms with Crippen LogP contribution in [-0.2, 0) is 19.1 Å². The highest BCUT2D eigenvalue weighted by Crippen LogP contribution is 2.35. The molecule has 8 heteroatoms. The summed E-state index contributed by atoms with van der Waals surface area (Å²) >= 11 is 1.35. The molecule has 1 aromatic carbocycles. The molecule has 3 rings (SSSR count). The number of benzene rings is 1. The van der Waals surface area contributed by atoms with Gasteiger partial charge in [-0.3, -0.25) is 4.79 Å². The van der Waals surface area contributed by atoms with Gasteiger partial charge in [0.25, 0.3) is 5.91 Å². The topological polar surface area (TPSA) is 59.2 Å². The molecule has 0 unspecified atom stereocenters. The van der Waals surface area contributed by atoms with E-state index in [1.165, 1.54) is 28.4 Å². The van der Waals surface area contributed by atoms with Gasteiger partial charge in [-0.25, -0.2) is 4.98 Å². The Balaban J connectivity index is 1.84. The molecule has 2 N–H and O–H groups in total. The van der Waals surface area contributed by atoms with Crippen molar-refractivity contribution in [3.8, 4) is 0 Å². The van der Waals surface area contributed by atoms with E-state index in [4.69, 9.17) is 5.73 Å². The van der Waals surface area contributed by atoms with Crippen LogP contribution in [0.4, 0.5) is 13.2 Å². The summed E-state index contributed by atoms with van der Waals surface area (Å²) in [5.74, 6) is -0.320.